The second-order valence-electron chi connectivity index (χ2n) is 8.30. The molecule has 172 valence electrons. The second kappa shape index (κ2) is 9.25. The molecular weight excluding hydrogens is 434 g/mol. The van der Waals surface area contributed by atoms with Crippen molar-refractivity contribution in [1.29, 1.82) is 0 Å². The van der Waals surface area contributed by atoms with Crippen LogP contribution in [-0.4, -0.2) is 47.3 Å². The molecule has 0 atom stereocenters. The third kappa shape index (κ3) is 4.55. The van der Waals surface area contributed by atoms with Crippen molar-refractivity contribution < 1.29 is 17.2 Å². The highest BCUT2D eigenvalue weighted by molar-refractivity contribution is 7.89. The molecule has 2 heterocycles. The maximum absolute atomic E-state index is 14.0. The molecule has 1 aliphatic heterocycles. The first kappa shape index (κ1) is 22.8. The van der Waals surface area contributed by atoms with Gasteiger partial charge in [-0.05, 0) is 51.1 Å². The van der Waals surface area contributed by atoms with Gasteiger partial charge in [0.05, 0.1) is 22.5 Å². The Hall–Kier alpha value is -2.36. The number of fused-ring (bicyclic) bond motifs is 1. The molecule has 6 nitrogen and oxygen atoms in total. The Morgan fingerprint density at radius 3 is 2.47 bits per heavy atom. The minimum atomic E-state index is -3.53. The van der Waals surface area contributed by atoms with E-state index in [1.54, 1.807) is 16.4 Å². The Bertz CT molecular complexity index is 1220. The van der Waals surface area contributed by atoms with Crippen LogP contribution < -0.4 is 0 Å². The van der Waals surface area contributed by atoms with Crippen LogP contribution in [0, 0.1) is 11.6 Å². The number of hydrogen-bond acceptors (Lipinski definition) is 4. The maximum atomic E-state index is 14.0. The molecule has 3 aromatic rings. The Morgan fingerprint density at radius 2 is 1.78 bits per heavy atom. The predicted octanol–water partition coefficient (Wildman–Crippen LogP) is 4.14. The summed E-state index contributed by atoms with van der Waals surface area (Å²) in [6, 6.07) is 8.69. The molecule has 32 heavy (non-hydrogen) atoms. The van der Waals surface area contributed by atoms with Gasteiger partial charge in [0.15, 0.2) is 0 Å². The number of sulfonamides is 1. The van der Waals surface area contributed by atoms with Gasteiger partial charge >= 0.3 is 0 Å². The number of imidazole rings is 1. The maximum Gasteiger partial charge on any atom is 0.243 e. The van der Waals surface area contributed by atoms with Gasteiger partial charge in [-0.1, -0.05) is 12.5 Å². The Labute approximate surface area is 187 Å². The van der Waals surface area contributed by atoms with Gasteiger partial charge in [0.2, 0.25) is 10.0 Å². The Morgan fingerprint density at radius 1 is 1.03 bits per heavy atom. The van der Waals surface area contributed by atoms with Gasteiger partial charge in [-0.3, -0.25) is 4.90 Å². The van der Waals surface area contributed by atoms with E-state index >= 15 is 0 Å². The van der Waals surface area contributed by atoms with Crippen LogP contribution in [0.5, 0.6) is 0 Å². The largest absolute Gasteiger partial charge is 0.327 e. The summed E-state index contributed by atoms with van der Waals surface area (Å²) < 4.78 is 56.9. The molecule has 0 radical (unpaired) electrons. The number of rotatable bonds is 7. The fraction of sp³-hybridized carbons (Fsp3) is 0.435. The molecule has 1 aromatic heterocycles. The summed E-state index contributed by atoms with van der Waals surface area (Å²) in [5, 5.41) is 0. The summed E-state index contributed by atoms with van der Waals surface area (Å²) in [7, 11) is -1.69. The van der Waals surface area contributed by atoms with Crippen molar-refractivity contribution in [2.24, 2.45) is 0 Å². The third-order valence-corrected chi connectivity index (χ3v) is 7.83. The lowest BCUT2D eigenvalue weighted by Crippen LogP contribution is -2.35. The van der Waals surface area contributed by atoms with Crippen LogP contribution in [0.3, 0.4) is 0 Å². The predicted molar refractivity (Wildman–Crippen MR) is 120 cm³/mol. The zero-order valence-electron chi connectivity index (χ0n) is 18.4. The highest BCUT2D eigenvalue weighted by Gasteiger charge is 2.26. The van der Waals surface area contributed by atoms with E-state index < -0.39 is 21.7 Å². The molecule has 1 saturated heterocycles. The number of benzene rings is 2. The van der Waals surface area contributed by atoms with Crippen molar-refractivity contribution in [3.05, 3.63) is 59.4 Å². The van der Waals surface area contributed by atoms with Crippen LogP contribution in [-0.2, 0) is 29.7 Å². The van der Waals surface area contributed by atoms with Crippen molar-refractivity contribution in [2.75, 3.05) is 20.1 Å². The topological polar surface area (TPSA) is 58.4 Å². The van der Waals surface area contributed by atoms with Gasteiger partial charge < -0.3 is 4.57 Å². The molecule has 0 saturated carbocycles. The van der Waals surface area contributed by atoms with Crippen LogP contribution in [0.25, 0.3) is 11.0 Å². The molecule has 1 aliphatic rings. The minimum Gasteiger partial charge on any atom is -0.327 e. The zero-order chi connectivity index (χ0) is 22.9. The van der Waals surface area contributed by atoms with E-state index in [1.807, 2.05) is 29.5 Å². The van der Waals surface area contributed by atoms with E-state index in [1.165, 1.54) is 12.1 Å². The Balaban J connectivity index is 1.59. The summed E-state index contributed by atoms with van der Waals surface area (Å²) in [6.45, 7) is 4.52. The molecule has 0 amide bonds. The molecule has 9 heteroatoms. The quantitative estimate of drug-likeness (QED) is 0.530. The lowest BCUT2D eigenvalue weighted by atomic mass is 10.2. The highest BCUT2D eigenvalue weighted by atomic mass is 32.2. The van der Waals surface area contributed by atoms with Crippen molar-refractivity contribution in [3.8, 4) is 0 Å². The van der Waals surface area contributed by atoms with Crippen molar-refractivity contribution in [3.63, 3.8) is 0 Å². The van der Waals surface area contributed by atoms with Gasteiger partial charge in [0.25, 0.3) is 0 Å². The normalized spacial score (nSPS) is 15.7. The average molecular weight is 463 g/mol. The first-order chi connectivity index (χ1) is 15.3. The number of aryl methyl sites for hydroxylation is 1. The van der Waals surface area contributed by atoms with Crippen molar-refractivity contribution in [2.45, 2.75) is 50.7 Å². The van der Waals surface area contributed by atoms with Gasteiger partial charge in [-0.25, -0.2) is 22.2 Å². The molecule has 1 fully saturated rings. The molecule has 0 spiro atoms. The molecule has 0 N–H and O–H groups in total. The van der Waals surface area contributed by atoms with E-state index in [4.69, 9.17) is 4.98 Å². The highest BCUT2D eigenvalue weighted by Crippen LogP contribution is 2.25. The first-order valence-electron chi connectivity index (χ1n) is 10.9. The molecular formula is C23H28F2N4O2S. The SMILES string of the molecule is CCn1c(CN(C)Cc2ccc(F)cc2F)nc2cc(S(=O)(=O)N3CCCCC3)ccc21. The molecule has 2 aromatic carbocycles. The lowest BCUT2D eigenvalue weighted by Gasteiger charge is -2.25. The third-order valence-electron chi connectivity index (χ3n) is 5.93. The van der Waals surface area contributed by atoms with E-state index in [-0.39, 0.29) is 4.90 Å². The van der Waals surface area contributed by atoms with E-state index in [2.05, 4.69) is 0 Å². The summed E-state index contributed by atoms with van der Waals surface area (Å²) in [5.74, 6) is -0.412. The summed E-state index contributed by atoms with van der Waals surface area (Å²) >= 11 is 0. The Kier molecular flexibility index (Phi) is 6.60. The first-order valence-corrected chi connectivity index (χ1v) is 12.4. The van der Waals surface area contributed by atoms with Crippen molar-refractivity contribution in [1.82, 2.24) is 18.8 Å². The van der Waals surface area contributed by atoms with E-state index in [0.29, 0.717) is 43.8 Å². The van der Waals surface area contributed by atoms with Crippen LogP contribution in [0.15, 0.2) is 41.3 Å². The fourth-order valence-corrected chi connectivity index (χ4v) is 5.82. The number of aromatic nitrogens is 2. The number of halogens is 2. The number of hydrogen-bond donors (Lipinski definition) is 0. The summed E-state index contributed by atoms with van der Waals surface area (Å²) in [6.07, 6.45) is 2.83. The summed E-state index contributed by atoms with van der Waals surface area (Å²) in [4.78, 5) is 6.87. The van der Waals surface area contributed by atoms with Gasteiger partial charge in [-0.2, -0.15) is 4.31 Å². The number of nitrogens with zero attached hydrogens (tertiary/aromatic N) is 4. The minimum absolute atomic E-state index is 0.265. The van der Waals surface area contributed by atoms with Crippen molar-refractivity contribution >= 4 is 21.1 Å². The van der Waals surface area contributed by atoms with Gasteiger partial charge in [-0.15, -0.1) is 0 Å². The molecule has 0 unspecified atom stereocenters. The van der Waals surface area contributed by atoms with Gasteiger partial charge in [0.1, 0.15) is 17.5 Å². The molecule has 0 aliphatic carbocycles. The van der Waals surface area contributed by atoms with Crippen LogP contribution in [0.2, 0.25) is 0 Å². The van der Waals surface area contributed by atoms with E-state index in [0.717, 1.165) is 36.7 Å². The molecule has 4 rings (SSSR count). The summed E-state index contributed by atoms with van der Waals surface area (Å²) in [5.41, 5.74) is 1.89. The number of piperidine rings is 1. The van der Waals surface area contributed by atoms with Crippen LogP contribution >= 0.6 is 0 Å². The lowest BCUT2D eigenvalue weighted by molar-refractivity contribution is 0.301. The second-order valence-corrected chi connectivity index (χ2v) is 10.2. The monoisotopic (exact) mass is 462 g/mol. The zero-order valence-corrected chi connectivity index (χ0v) is 19.2. The average Bonchev–Trinajstić information content (AvgIpc) is 3.12. The molecule has 0 bridgehead atoms. The van der Waals surface area contributed by atoms with Crippen LogP contribution in [0.1, 0.15) is 37.6 Å². The smallest absolute Gasteiger partial charge is 0.243 e. The van der Waals surface area contributed by atoms with Crippen LogP contribution in [0.4, 0.5) is 8.78 Å². The standard InChI is InChI=1S/C23H28F2N4O2S/c1-3-29-22-10-9-19(32(30,31)28-11-5-4-6-12-28)14-21(22)26-23(29)16-27(2)15-17-7-8-18(24)13-20(17)25/h7-10,13-14H,3-6,11-12,15-16H2,1-2H3. The fourth-order valence-electron chi connectivity index (χ4n) is 4.29. The van der Waals surface area contributed by atoms with E-state index in [9.17, 15) is 17.2 Å². The van der Waals surface area contributed by atoms with Gasteiger partial charge in [0, 0.05) is 37.8 Å².